The molecular weight excluding hydrogens is 294 g/mol. The van der Waals surface area contributed by atoms with Crippen LogP contribution in [0.25, 0.3) is 0 Å². The number of hydrogen-bond acceptors (Lipinski definition) is 5. The topological polar surface area (TPSA) is 78.9 Å². The molecule has 0 saturated carbocycles. The van der Waals surface area contributed by atoms with Crippen molar-refractivity contribution in [3.8, 4) is 0 Å². The number of nitrogens with zero attached hydrogens (tertiary/aromatic N) is 1. The van der Waals surface area contributed by atoms with Crippen LogP contribution >= 0.6 is 0 Å². The van der Waals surface area contributed by atoms with Gasteiger partial charge in [-0.05, 0) is 12.1 Å². The first kappa shape index (κ1) is 15.3. The summed E-state index contributed by atoms with van der Waals surface area (Å²) in [5.41, 5.74) is -0.671. The number of rotatable bonds is 4. The van der Waals surface area contributed by atoms with Crippen LogP contribution in [0.2, 0.25) is 0 Å². The van der Waals surface area contributed by atoms with Gasteiger partial charge in [0.05, 0.1) is 25.4 Å². The van der Waals surface area contributed by atoms with Gasteiger partial charge in [0.25, 0.3) is 10.0 Å². The van der Waals surface area contributed by atoms with Crippen LogP contribution in [0.3, 0.4) is 0 Å². The zero-order valence-electron chi connectivity index (χ0n) is 10.5. The summed E-state index contributed by atoms with van der Waals surface area (Å²) >= 11 is 0. The van der Waals surface area contributed by atoms with Gasteiger partial charge in [0.2, 0.25) is 0 Å². The lowest BCUT2D eigenvalue weighted by atomic mass is 10.2. The highest BCUT2D eigenvalue weighted by atomic mass is 32.2. The molecule has 2 N–H and O–H groups in total. The molecule has 0 bridgehead atoms. The van der Waals surface area contributed by atoms with E-state index < -0.39 is 38.7 Å². The number of halogens is 2. The molecule has 1 aliphatic heterocycles. The molecule has 0 spiro atoms. The van der Waals surface area contributed by atoms with Gasteiger partial charge in [-0.1, -0.05) is 0 Å². The average molecular weight is 308 g/mol. The van der Waals surface area contributed by atoms with Gasteiger partial charge in [-0.15, -0.1) is 4.83 Å². The summed E-state index contributed by atoms with van der Waals surface area (Å²) in [6.45, 7) is 0.453. The predicted molar refractivity (Wildman–Crippen MR) is 65.0 cm³/mol. The predicted octanol–water partition coefficient (Wildman–Crippen LogP) is -0.0174. The number of benzene rings is 1. The highest BCUT2D eigenvalue weighted by Crippen LogP contribution is 2.21. The Bertz CT molecular complexity index is 588. The van der Waals surface area contributed by atoms with Gasteiger partial charge in [-0.3, -0.25) is 0 Å². The largest absolute Gasteiger partial charge is 0.391 e. The van der Waals surface area contributed by atoms with Crippen LogP contribution in [0.1, 0.15) is 5.56 Å². The molecule has 1 aliphatic rings. The summed E-state index contributed by atoms with van der Waals surface area (Å²) in [5, 5.41) is 10.3. The monoisotopic (exact) mass is 308 g/mol. The Kier molecular flexibility index (Phi) is 4.66. The maximum Gasteiger partial charge on any atom is 0.256 e. The second kappa shape index (κ2) is 6.10. The second-order valence-corrected chi connectivity index (χ2v) is 5.82. The molecule has 2 rings (SSSR count). The van der Waals surface area contributed by atoms with Crippen molar-refractivity contribution < 1.29 is 27.0 Å². The number of nitrogens with one attached hydrogen (secondary N) is 1. The van der Waals surface area contributed by atoms with Crippen molar-refractivity contribution in [3.63, 3.8) is 0 Å². The van der Waals surface area contributed by atoms with Gasteiger partial charge < -0.3 is 9.84 Å². The Labute approximate surface area is 115 Å². The molecule has 0 amide bonds. The third kappa shape index (κ3) is 3.13. The van der Waals surface area contributed by atoms with E-state index in [2.05, 4.69) is 4.83 Å². The lowest BCUT2D eigenvalue weighted by Crippen LogP contribution is -2.48. The van der Waals surface area contributed by atoms with Crippen molar-refractivity contribution in [2.45, 2.75) is 11.5 Å². The Balaban J connectivity index is 2.29. The molecule has 0 atom stereocenters. The van der Waals surface area contributed by atoms with Crippen LogP contribution in [0.4, 0.5) is 8.78 Å². The van der Waals surface area contributed by atoms with Crippen molar-refractivity contribution in [3.05, 3.63) is 29.3 Å². The van der Waals surface area contributed by atoms with E-state index in [1.54, 1.807) is 0 Å². The molecule has 1 aromatic carbocycles. The van der Waals surface area contributed by atoms with Crippen LogP contribution in [0.5, 0.6) is 0 Å². The summed E-state index contributed by atoms with van der Waals surface area (Å²) < 4.78 is 56.3. The summed E-state index contributed by atoms with van der Waals surface area (Å²) in [4.78, 5) is 1.50. The third-order valence-corrected chi connectivity index (χ3v) is 4.25. The fourth-order valence-electron chi connectivity index (χ4n) is 1.80. The van der Waals surface area contributed by atoms with Gasteiger partial charge >= 0.3 is 0 Å². The minimum absolute atomic E-state index is 0.328. The van der Waals surface area contributed by atoms with E-state index in [0.29, 0.717) is 26.3 Å². The van der Waals surface area contributed by atoms with Crippen molar-refractivity contribution in [2.24, 2.45) is 0 Å². The molecule has 1 saturated heterocycles. The van der Waals surface area contributed by atoms with Crippen LogP contribution in [-0.2, 0) is 21.4 Å². The van der Waals surface area contributed by atoms with E-state index in [1.807, 2.05) is 0 Å². The van der Waals surface area contributed by atoms with Crippen LogP contribution in [0, 0.1) is 11.6 Å². The quantitative estimate of drug-likeness (QED) is 0.817. The van der Waals surface area contributed by atoms with Gasteiger partial charge in [-0.25, -0.2) is 22.2 Å². The molecule has 6 nitrogen and oxygen atoms in total. The number of hydrazine groups is 1. The third-order valence-electron chi connectivity index (χ3n) is 2.86. The highest BCUT2D eigenvalue weighted by molar-refractivity contribution is 7.89. The zero-order chi connectivity index (χ0) is 14.8. The summed E-state index contributed by atoms with van der Waals surface area (Å²) in [6.07, 6.45) is 0. The molecule has 1 aromatic rings. The minimum Gasteiger partial charge on any atom is -0.391 e. The standard InChI is InChI=1S/C11H14F2N2O4S/c12-9-1-2-10(11(13)8(9)7-16)20(17,18)14-15-3-5-19-6-4-15/h1-2,14,16H,3-7H2. The maximum atomic E-state index is 13.9. The SMILES string of the molecule is O=S(=O)(NN1CCOCC1)c1ccc(F)c(CO)c1F. The van der Waals surface area contributed by atoms with Gasteiger partial charge in [0.15, 0.2) is 5.82 Å². The number of sulfonamides is 1. The van der Waals surface area contributed by atoms with Gasteiger partial charge in [0.1, 0.15) is 10.7 Å². The minimum atomic E-state index is -4.17. The van der Waals surface area contributed by atoms with Crippen LogP contribution < -0.4 is 4.83 Å². The van der Waals surface area contributed by atoms with Crippen molar-refractivity contribution in [1.29, 1.82) is 0 Å². The van der Waals surface area contributed by atoms with Crippen LogP contribution in [0.15, 0.2) is 17.0 Å². The number of aliphatic hydroxyl groups is 1. The first-order valence-electron chi connectivity index (χ1n) is 5.88. The van der Waals surface area contributed by atoms with E-state index in [4.69, 9.17) is 9.84 Å². The molecule has 1 heterocycles. The highest BCUT2D eigenvalue weighted by Gasteiger charge is 2.26. The zero-order valence-corrected chi connectivity index (χ0v) is 11.3. The Morgan fingerprint density at radius 2 is 1.95 bits per heavy atom. The summed E-state index contributed by atoms with van der Waals surface area (Å²) in [5.74, 6) is -2.27. The van der Waals surface area contributed by atoms with E-state index in [1.165, 1.54) is 5.01 Å². The molecule has 0 aliphatic carbocycles. The van der Waals surface area contributed by atoms with Crippen molar-refractivity contribution in [1.82, 2.24) is 9.84 Å². The fourth-order valence-corrected chi connectivity index (χ4v) is 3.03. The molecule has 1 fully saturated rings. The van der Waals surface area contributed by atoms with Crippen molar-refractivity contribution >= 4 is 10.0 Å². The average Bonchev–Trinajstić information content (AvgIpc) is 2.39. The molecule has 0 aromatic heterocycles. The van der Waals surface area contributed by atoms with Crippen molar-refractivity contribution in [2.75, 3.05) is 26.3 Å². The summed E-state index contributed by atoms with van der Waals surface area (Å²) in [7, 11) is -4.17. The van der Waals surface area contributed by atoms with Gasteiger partial charge in [-0.2, -0.15) is 0 Å². The molecule has 9 heteroatoms. The van der Waals surface area contributed by atoms with Crippen LogP contribution in [-0.4, -0.2) is 44.8 Å². The summed E-state index contributed by atoms with van der Waals surface area (Å²) in [6, 6.07) is 1.63. The van der Waals surface area contributed by atoms with E-state index in [9.17, 15) is 17.2 Å². The fraction of sp³-hybridized carbons (Fsp3) is 0.455. The first-order valence-corrected chi connectivity index (χ1v) is 7.37. The van der Waals surface area contributed by atoms with E-state index in [-0.39, 0.29) is 0 Å². The Morgan fingerprint density at radius 3 is 2.55 bits per heavy atom. The van der Waals surface area contributed by atoms with Gasteiger partial charge in [0, 0.05) is 13.1 Å². The lowest BCUT2D eigenvalue weighted by molar-refractivity contribution is 0.0272. The number of ether oxygens (including phenoxy) is 1. The second-order valence-electron chi connectivity index (χ2n) is 4.19. The van der Waals surface area contributed by atoms with E-state index in [0.717, 1.165) is 12.1 Å². The number of hydrogen-bond donors (Lipinski definition) is 2. The smallest absolute Gasteiger partial charge is 0.256 e. The Morgan fingerprint density at radius 1 is 1.30 bits per heavy atom. The molecule has 112 valence electrons. The number of aliphatic hydroxyl groups excluding tert-OH is 1. The first-order chi connectivity index (χ1) is 9.45. The maximum absolute atomic E-state index is 13.9. The molecule has 0 radical (unpaired) electrons. The molecular formula is C11H14F2N2O4S. The normalized spacial score (nSPS) is 17.4. The molecule has 20 heavy (non-hydrogen) atoms. The number of morpholine rings is 1. The molecule has 0 unspecified atom stereocenters. The lowest BCUT2D eigenvalue weighted by Gasteiger charge is -2.26. The Hall–Kier alpha value is -1.13. The van der Waals surface area contributed by atoms with E-state index >= 15 is 0 Å².